The predicted molar refractivity (Wildman–Crippen MR) is 39.7 cm³/mol. The van der Waals surface area contributed by atoms with E-state index >= 15 is 0 Å². The van der Waals surface area contributed by atoms with Crippen LogP contribution >= 0.6 is 0 Å². The van der Waals surface area contributed by atoms with Crippen LogP contribution in [-0.2, 0) is 19.1 Å². The highest BCUT2D eigenvalue weighted by atomic mass is 16.5. The van der Waals surface area contributed by atoms with Crippen LogP contribution in [0, 0.1) is 0 Å². The Morgan fingerprint density at radius 2 is 1.33 bits per heavy atom. The van der Waals surface area contributed by atoms with E-state index in [0.29, 0.717) is 12.8 Å². The van der Waals surface area contributed by atoms with Crippen molar-refractivity contribution in [2.24, 2.45) is 0 Å². The van der Waals surface area contributed by atoms with E-state index in [9.17, 15) is 9.59 Å². The van der Waals surface area contributed by atoms with Crippen LogP contribution in [0.2, 0.25) is 0 Å². The maximum atomic E-state index is 9.96. The zero-order valence-electron chi connectivity index (χ0n) is 6.36. The second-order valence-corrected chi connectivity index (χ2v) is 2.13. The average molecular weight is 168 g/mol. The molecule has 0 aromatic heterocycles. The lowest BCUT2D eigenvalue weighted by atomic mass is 10.5. The van der Waals surface area contributed by atoms with E-state index in [4.69, 9.17) is 0 Å². The third-order valence-corrected chi connectivity index (χ3v) is 1.16. The minimum Gasteiger partial charge on any atom is -0.435 e. The molecule has 2 heterocycles. The molecule has 2 aliphatic heterocycles. The van der Waals surface area contributed by atoms with E-state index in [-0.39, 0.29) is 11.9 Å². The quantitative estimate of drug-likeness (QED) is 0.504. The lowest BCUT2D eigenvalue weighted by Gasteiger charge is -1.78. The minimum absolute atomic E-state index is 0.157. The summed E-state index contributed by atoms with van der Waals surface area (Å²) in [6.45, 7) is 0. The number of ether oxygens (including phenoxy) is 2. The molecule has 4 nitrogen and oxygen atoms in total. The van der Waals surface area contributed by atoms with Crippen molar-refractivity contribution in [2.75, 3.05) is 0 Å². The van der Waals surface area contributed by atoms with Crippen molar-refractivity contribution in [3.05, 3.63) is 24.7 Å². The highest BCUT2D eigenvalue weighted by molar-refractivity contribution is 5.74. The van der Waals surface area contributed by atoms with E-state index in [2.05, 4.69) is 9.47 Å². The number of esters is 2. The van der Waals surface area contributed by atoms with E-state index in [1.54, 1.807) is 12.2 Å². The summed E-state index contributed by atoms with van der Waals surface area (Å²) in [6.07, 6.45) is 7.06. The molecule has 0 aliphatic carbocycles. The van der Waals surface area contributed by atoms with Gasteiger partial charge in [0.05, 0.1) is 25.4 Å². The SMILES string of the molecule is O=C1CC=CO1.O=C1CC=CO1. The van der Waals surface area contributed by atoms with Crippen LogP contribution in [0.3, 0.4) is 0 Å². The van der Waals surface area contributed by atoms with Gasteiger partial charge in [-0.15, -0.1) is 0 Å². The number of carbonyl (C=O) groups is 2. The molecule has 2 rings (SSSR count). The zero-order valence-corrected chi connectivity index (χ0v) is 6.36. The van der Waals surface area contributed by atoms with Gasteiger partial charge in [-0.25, -0.2) is 0 Å². The van der Waals surface area contributed by atoms with Crippen LogP contribution in [0.15, 0.2) is 24.7 Å². The first kappa shape index (κ1) is 8.52. The molecular weight excluding hydrogens is 160 g/mol. The van der Waals surface area contributed by atoms with Gasteiger partial charge in [0, 0.05) is 0 Å². The highest BCUT2D eigenvalue weighted by Crippen LogP contribution is 1.97. The molecule has 0 bridgehead atoms. The summed E-state index contributed by atoms with van der Waals surface area (Å²) in [5.41, 5.74) is 0. The van der Waals surface area contributed by atoms with Gasteiger partial charge in [0.25, 0.3) is 0 Å². The topological polar surface area (TPSA) is 52.6 Å². The standard InChI is InChI=1S/2C4H4O2/c2*5-4-2-1-3-6-4/h2*1,3H,2H2. The van der Waals surface area contributed by atoms with Gasteiger partial charge in [0.1, 0.15) is 0 Å². The Hall–Kier alpha value is -1.58. The first-order valence-electron chi connectivity index (χ1n) is 3.48. The predicted octanol–water partition coefficient (Wildman–Crippen LogP) is 0.894. The van der Waals surface area contributed by atoms with Crippen molar-refractivity contribution in [3.8, 4) is 0 Å². The molecule has 0 spiro atoms. The maximum absolute atomic E-state index is 9.96. The van der Waals surface area contributed by atoms with Crippen molar-refractivity contribution in [3.63, 3.8) is 0 Å². The van der Waals surface area contributed by atoms with Gasteiger partial charge < -0.3 is 9.47 Å². The molecule has 0 amide bonds. The first-order valence-corrected chi connectivity index (χ1v) is 3.48. The van der Waals surface area contributed by atoms with Gasteiger partial charge in [-0.05, 0) is 12.2 Å². The van der Waals surface area contributed by atoms with Crippen LogP contribution in [0.1, 0.15) is 12.8 Å². The molecule has 0 aromatic carbocycles. The first-order chi connectivity index (χ1) is 5.79. The highest BCUT2D eigenvalue weighted by Gasteiger charge is 2.01. The molecule has 0 saturated carbocycles. The Bertz CT molecular complexity index is 193. The Morgan fingerprint density at radius 3 is 1.42 bits per heavy atom. The summed E-state index contributed by atoms with van der Waals surface area (Å²) >= 11 is 0. The summed E-state index contributed by atoms with van der Waals surface area (Å²) in [5, 5.41) is 0. The Kier molecular flexibility index (Phi) is 3.07. The van der Waals surface area contributed by atoms with Crippen LogP contribution in [0.25, 0.3) is 0 Å². The zero-order chi connectivity index (χ0) is 8.81. The summed E-state index contributed by atoms with van der Waals surface area (Å²) < 4.78 is 8.67. The fourth-order valence-electron chi connectivity index (χ4n) is 0.633. The van der Waals surface area contributed by atoms with E-state index in [1.807, 2.05) is 0 Å². The number of rotatable bonds is 0. The van der Waals surface area contributed by atoms with Crippen molar-refractivity contribution in [1.29, 1.82) is 0 Å². The third kappa shape index (κ3) is 3.01. The Balaban J connectivity index is 0.000000120. The van der Waals surface area contributed by atoms with Crippen molar-refractivity contribution in [1.82, 2.24) is 0 Å². The van der Waals surface area contributed by atoms with E-state index in [1.165, 1.54) is 12.5 Å². The molecule has 0 saturated heterocycles. The monoisotopic (exact) mass is 168 g/mol. The van der Waals surface area contributed by atoms with Gasteiger partial charge >= 0.3 is 11.9 Å². The molecular formula is C8H8O4. The fourth-order valence-corrected chi connectivity index (χ4v) is 0.633. The summed E-state index contributed by atoms with van der Waals surface area (Å²) in [6, 6.07) is 0. The van der Waals surface area contributed by atoms with Crippen molar-refractivity contribution < 1.29 is 19.1 Å². The third-order valence-electron chi connectivity index (χ3n) is 1.16. The van der Waals surface area contributed by atoms with Crippen LogP contribution < -0.4 is 0 Å². The largest absolute Gasteiger partial charge is 0.435 e. The van der Waals surface area contributed by atoms with E-state index in [0.717, 1.165) is 0 Å². The molecule has 64 valence electrons. The molecule has 0 radical (unpaired) electrons. The van der Waals surface area contributed by atoms with Crippen LogP contribution in [0.4, 0.5) is 0 Å². The smallest absolute Gasteiger partial charge is 0.314 e. The number of carbonyl (C=O) groups excluding carboxylic acids is 2. The van der Waals surface area contributed by atoms with Gasteiger partial charge in [-0.3, -0.25) is 9.59 Å². The molecule has 0 N–H and O–H groups in total. The molecule has 2 aliphatic rings. The van der Waals surface area contributed by atoms with Gasteiger partial charge in [-0.2, -0.15) is 0 Å². The molecule has 0 fully saturated rings. The normalized spacial score (nSPS) is 18.3. The molecule has 0 aromatic rings. The molecule has 0 unspecified atom stereocenters. The van der Waals surface area contributed by atoms with Gasteiger partial charge in [0.15, 0.2) is 0 Å². The molecule has 4 heteroatoms. The molecule has 12 heavy (non-hydrogen) atoms. The molecule has 0 atom stereocenters. The van der Waals surface area contributed by atoms with Crippen LogP contribution in [0.5, 0.6) is 0 Å². The fraction of sp³-hybridized carbons (Fsp3) is 0.250. The minimum atomic E-state index is -0.157. The van der Waals surface area contributed by atoms with Crippen LogP contribution in [-0.4, -0.2) is 11.9 Å². The van der Waals surface area contributed by atoms with Crippen molar-refractivity contribution in [2.45, 2.75) is 12.8 Å². The summed E-state index contributed by atoms with van der Waals surface area (Å²) in [5.74, 6) is -0.315. The van der Waals surface area contributed by atoms with Gasteiger partial charge in [0.2, 0.25) is 0 Å². The summed E-state index contributed by atoms with van der Waals surface area (Å²) in [4.78, 5) is 19.9. The lowest BCUT2D eigenvalue weighted by molar-refractivity contribution is -0.136. The maximum Gasteiger partial charge on any atom is 0.314 e. The second-order valence-electron chi connectivity index (χ2n) is 2.13. The summed E-state index contributed by atoms with van der Waals surface area (Å²) in [7, 11) is 0. The van der Waals surface area contributed by atoms with E-state index < -0.39 is 0 Å². The Morgan fingerprint density at radius 1 is 0.917 bits per heavy atom. The number of hydrogen-bond acceptors (Lipinski definition) is 4. The van der Waals surface area contributed by atoms with Gasteiger partial charge in [-0.1, -0.05) is 0 Å². The second kappa shape index (κ2) is 4.33. The van der Waals surface area contributed by atoms with Crippen molar-refractivity contribution >= 4 is 11.9 Å². The Labute approximate surface area is 69.5 Å². The average Bonchev–Trinajstić information content (AvgIpc) is 2.63. The number of cyclic esters (lactones) is 2. The number of hydrogen-bond donors (Lipinski definition) is 0. The lowest BCUT2D eigenvalue weighted by Crippen LogP contribution is -1.87.